The number of carbonyl (C=O) groups excluding carboxylic acids is 1. The minimum atomic E-state index is -0.660. The summed E-state index contributed by atoms with van der Waals surface area (Å²) in [4.78, 5) is 11.8. The summed E-state index contributed by atoms with van der Waals surface area (Å²) in [7, 11) is 0. The van der Waals surface area contributed by atoms with Gasteiger partial charge in [-0.2, -0.15) is 0 Å². The number of nitrogens with one attached hydrogen (secondary N) is 1. The van der Waals surface area contributed by atoms with Gasteiger partial charge in [0, 0.05) is 6.04 Å². The Labute approximate surface area is 102 Å². The van der Waals surface area contributed by atoms with Gasteiger partial charge < -0.3 is 16.2 Å². The molecule has 3 unspecified atom stereocenters. The Hall–Kier alpha value is -1.39. The standard InChI is InChI=1S/C13H20N2O2/c1-9(8-10(2)16)15-13(17)12(14)11-6-4-3-5-7-11/h3-7,9-10,12,16H,8,14H2,1-2H3,(H,15,17). The number of hydrogen-bond acceptors (Lipinski definition) is 3. The molecule has 1 aromatic carbocycles. The molecule has 0 aliphatic carbocycles. The van der Waals surface area contributed by atoms with E-state index in [1.54, 1.807) is 6.92 Å². The number of aliphatic hydroxyl groups is 1. The van der Waals surface area contributed by atoms with E-state index in [9.17, 15) is 9.90 Å². The smallest absolute Gasteiger partial charge is 0.241 e. The summed E-state index contributed by atoms with van der Waals surface area (Å²) < 4.78 is 0. The fourth-order valence-electron chi connectivity index (χ4n) is 1.71. The van der Waals surface area contributed by atoms with Crippen LogP contribution in [0.5, 0.6) is 0 Å². The summed E-state index contributed by atoms with van der Waals surface area (Å²) in [6, 6.07) is 8.48. The van der Waals surface area contributed by atoms with E-state index in [0.29, 0.717) is 6.42 Å². The van der Waals surface area contributed by atoms with Crippen LogP contribution in [-0.2, 0) is 4.79 Å². The number of aliphatic hydroxyl groups excluding tert-OH is 1. The van der Waals surface area contributed by atoms with E-state index in [1.807, 2.05) is 37.3 Å². The summed E-state index contributed by atoms with van der Waals surface area (Å²) in [5, 5.41) is 12.0. The Morgan fingerprint density at radius 1 is 1.35 bits per heavy atom. The van der Waals surface area contributed by atoms with Crippen molar-refractivity contribution in [1.82, 2.24) is 5.32 Å². The van der Waals surface area contributed by atoms with E-state index < -0.39 is 12.1 Å². The van der Waals surface area contributed by atoms with Gasteiger partial charge in [-0.25, -0.2) is 0 Å². The maximum atomic E-state index is 11.8. The molecule has 17 heavy (non-hydrogen) atoms. The van der Waals surface area contributed by atoms with Crippen LogP contribution in [0.3, 0.4) is 0 Å². The first-order valence-corrected chi connectivity index (χ1v) is 5.79. The minimum absolute atomic E-state index is 0.0859. The first-order chi connectivity index (χ1) is 8.00. The molecule has 3 atom stereocenters. The Morgan fingerprint density at radius 2 is 1.94 bits per heavy atom. The molecule has 0 aromatic heterocycles. The number of nitrogens with two attached hydrogens (primary N) is 1. The van der Waals surface area contributed by atoms with Crippen molar-refractivity contribution in [2.45, 2.75) is 38.5 Å². The molecule has 0 saturated carbocycles. The van der Waals surface area contributed by atoms with Crippen molar-refractivity contribution in [2.75, 3.05) is 0 Å². The fourth-order valence-corrected chi connectivity index (χ4v) is 1.71. The van der Waals surface area contributed by atoms with Crippen LogP contribution in [0, 0.1) is 0 Å². The molecule has 4 nitrogen and oxygen atoms in total. The molecule has 0 heterocycles. The van der Waals surface area contributed by atoms with Crippen molar-refractivity contribution in [3.63, 3.8) is 0 Å². The van der Waals surface area contributed by atoms with Gasteiger partial charge in [-0.15, -0.1) is 0 Å². The first-order valence-electron chi connectivity index (χ1n) is 5.79. The van der Waals surface area contributed by atoms with Crippen molar-refractivity contribution >= 4 is 5.91 Å². The second-order valence-corrected chi connectivity index (χ2v) is 4.38. The number of carbonyl (C=O) groups is 1. The van der Waals surface area contributed by atoms with E-state index >= 15 is 0 Å². The molecule has 1 amide bonds. The van der Waals surface area contributed by atoms with Crippen LogP contribution in [0.25, 0.3) is 0 Å². The van der Waals surface area contributed by atoms with Gasteiger partial charge in [0.25, 0.3) is 0 Å². The van der Waals surface area contributed by atoms with Crippen LogP contribution in [0.4, 0.5) is 0 Å². The average molecular weight is 236 g/mol. The van der Waals surface area contributed by atoms with E-state index in [2.05, 4.69) is 5.32 Å². The normalized spacial score (nSPS) is 16.0. The SMILES string of the molecule is CC(O)CC(C)NC(=O)C(N)c1ccccc1. The lowest BCUT2D eigenvalue weighted by atomic mass is 10.1. The predicted octanol–water partition coefficient (Wildman–Crippen LogP) is 0.962. The lowest BCUT2D eigenvalue weighted by Crippen LogP contribution is -2.40. The molecular weight excluding hydrogens is 216 g/mol. The van der Waals surface area contributed by atoms with Crippen LogP contribution >= 0.6 is 0 Å². The third-order valence-corrected chi connectivity index (χ3v) is 2.52. The monoisotopic (exact) mass is 236 g/mol. The molecule has 1 aromatic rings. The zero-order chi connectivity index (χ0) is 12.8. The lowest BCUT2D eigenvalue weighted by Gasteiger charge is -2.18. The molecule has 0 radical (unpaired) electrons. The highest BCUT2D eigenvalue weighted by atomic mass is 16.3. The van der Waals surface area contributed by atoms with Gasteiger partial charge in [0.05, 0.1) is 6.10 Å². The topological polar surface area (TPSA) is 75.3 Å². The van der Waals surface area contributed by atoms with Gasteiger partial charge in [-0.05, 0) is 25.8 Å². The second kappa shape index (κ2) is 6.37. The van der Waals surface area contributed by atoms with Gasteiger partial charge in [-0.3, -0.25) is 4.79 Å². The van der Waals surface area contributed by atoms with E-state index in [1.165, 1.54) is 0 Å². The Kier molecular flexibility index (Phi) is 5.12. The molecule has 0 spiro atoms. The van der Waals surface area contributed by atoms with Gasteiger partial charge in [-0.1, -0.05) is 30.3 Å². The van der Waals surface area contributed by atoms with E-state index in [4.69, 9.17) is 5.73 Å². The summed E-state index contributed by atoms with van der Waals surface area (Å²) in [5.74, 6) is -0.218. The van der Waals surface area contributed by atoms with Crippen molar-refractivity contribution in [2.24, 2.45) is 5.73 Å². The van der Waals surface area contributed by atoms with Crippen LogP contribution in [0.1, 0.15) is 31.9 Å². The Morgan fingerprint density at radius 3 is 2.47 bits per heavy atom. The molecule has 0 aliphatic heterocycles. The molecule has 0 fully saturated rings. The number of rotatable bonds is 5. The summed E-state index contributed by atoms with van der Waals surface area (Å²) in [5.41, 5.74) is 6.63. The molecule has 0 bridgehead atoms. The zero-order valence-electron chi connectivity index (χ0n) is 10.3. The minimum Gasteiger partial charge on any atom is -0.393 e. The summed E-state index contributed by atoms with van der Waals surface area (Å²) >= 11 is 0. The average Bonchev–Trinajstić information content (AvgIpc) is 2.28. The first kappa shape index (κ1) is 13.7. The van der Waals surface area contributed by atoms with E-state index in [0.717, 1.165) is 5.56 Å². The van der Waals surface area contributed by atoms with E-state index in [-0.39, 0.29) is 11.9 Å². The number of hydrogen-bond donors (Lipinski definition) is 3. The van der Waals surface area contributed by atoms with Crippen molar-refractivity contribution in [3.8, 4) is 0 Å². The third-order valence-electron chi connectivity index (χ3n) is 2.52. The van der Waals surface area contributed by atoms with Gasteiger partial charge in [0.2, 0.25) is 5.91 Å². The highest BCUT2D eigenvalue weighted by Gasteiger charge is 2.17. The second-order valence-electron chi connectivity index (χ2n) is 4.38. The number of amides is 1. The zero-order valence-corrected chi connectivity index (χ0v) is 10.3. The predicted molar refractivity (Wildman–Crippen MR) is 67.3 cm³/mol. The molecule has 0 saturated heterocycles. The highest BCUT2D eigenvalue weighted by Crippen LogP contribution is 2.10. The van der Waals surface area contributed by atoms with Gasteiger partial charge in [0.15, 0.2) is 0 Å². The quantitative estimate of drug-likeness (QED) is 0.713. The van der Waals surface area contributed by atoms with Gasteiger partial charge in [0.1, 0.15) is 6.04 Å². The van der Waals surface area contributed by atoms with Crippen molar-refractivity contribution in [3.05, 3.63) is 35.9 Å². The van der Waals surface area contributed by atoms with Crippen molar-refractivity contribution in [1.29, 1.82) is 0 Å². The Balaban J connectivity index is 2.53. The Bertz CT molecular complexity index is 352. The summed E-state index contributed by atoms with van der Waals surface area (Å²) in [6.07, 6.45) is 0.0889. The molecule has 1 rings (SSSR count). The molecule has 0 aliphatic rings. The van der Waals surface area contributed by atoms with Gasteiger partial charge >= 0.3 is 0 Å². The molecule has 4 N–H and O–H groups in total. The highest BCUT2D eigenvalue weighted by molar-refractivity contribution is 5.83. The molecular formula is C13H20N2O2. The van der Waals surface area contributed by atoms with Crippen molar-refractivity contribution < 1.29 is 9.90 Å². The number of benzene rings is 1. The van der Waals surface area contributed by atoms with Crippen LogP contribution < -0.4 is 11.1 Å². The van der Waals surface area contributed by atoms with Crippen LogP contribution in [0.2, 0.25) is 0 Å². The van der Waals surface area contributed by atoms with Crippen LogP contribution in [-0.4, -0.2) is 23.2 Å². The third kappa shape index (κ3) is 4.54. The molecule has 94 valence electrons. The van der Waals surface area contributed by atoms with Crippen LogP contribution in [0.15, 0.2) is 30.3 Å². The molecule has 4 heteroatoms. The lowest BCUT2D eigenvalue weighted by molar-refractivity contribution is -0.123. The maximum absolute atomic E-state index is 11.8. The largest absolute Gasteiger partial charge is 0.393 e. The fraction of sp³-hybridized carbons (Fsp3) is 0.462. The maximum Gasteiger partial charge on any atom is 0.241 e. The summed E-state index contributed by atoms with van der Waals surface area (Å²) in [6.45, 7) is 3.54.